The first-order valence-corrected chi connectivity index (χ1v) is 9.66. The normalized spacial score (nSPS) is 11.0. The van der Waals surface area contributed by atoms with Crippen LogP contribution in [0, 0.1) is 12.7 Å². The molecule has 0 fully saturated rings. The molecule has 30 heavy (non-hydrogen) atoms. The van der Waals surface area contributed by atoms with Gasteiger partial charge in [0.15, 0.2) is 5.65 Å². The summed E-state index contributed by atoms with van der Waals surface area (Å²) in [6, 6.07) is 17.2. The van der Waals surface area contributed by atoms with Crippen LogP contribution in [-0.2, 0) is 13.1 Å². The summed E-state index contributed by atoms with van der Waals surface area (Å²) < 4.78 is 16.5. The number of halogens is 1. The molecular weight excluding hydrogens is 383 g/mol. The predicted octanol–water partition coefficient (Wildman–Crippen LogP) is 3.12. The average molecular weight is 404 g/mol. The van der Waals surface area contributed by atoms with Gasteiger partial charge in [0, 0.05) is 24.8 Å². The number of carbonyl (C=O) groups is 1. The van der Waals surface area contributed by atoms with Gasteiger partial charge in [0.05, 0.1) is 12.1 Å². The van der Waals surface area contributed by atoms with Crippen LogP contribution in [-0.4, -0.2) is 26.6 Å². The minimum atomic E-state index is -0.470. The van der Waals surface area contributed by atoms with Crippen LogP contribution in [0.4, 0.5) is 4.39 Å². The van der Waals surface area contributed by atoms with E-state index in [1.807, 2.05) is 37.3 Å². The number of carbonyl (C=O) groups excluding carboxylic acids is 1. The molecule has 0 spiro atoms. The molecule has 7 heteroatoms. The van der Waals surface area contributed by atoms with Crippen molar-refractivity contribution in [2.24, 2.45) is 0 Å². The SMILES string of the molecule is Cc1ccc(Cn2c(=O)n(CCNC(=O)c3cccc(F)c3)c3ncccc32)cc1. The van der Waals surface area contributed by atoms with Gasteiger partial charge in [-0.25, -0.2) is 14.2 Å². The largest absolute Gasteiger partial charge is 0.350 e. The van der Waals surface area contributed by atoms with Crippen molar-refractivity contribution in [3.8, 4) is 0 Å². The Labute approximate surface area is 172 Å². The molecule has 0 aliphatic heterocycles. The number of aryl methyl sites for hydroxylation is 1. The van der Waals surface area contributed by atoms with Crippen LogP contribution in [0.15, 0.2) is 71.7 Å². The van der Waals surface area contributed by atoms with Gasteiger partial charge in [0.1, 0.15) is 5.82 Å². The van der Waals surface area contributed by atoms with E-state index < -0.39 is 5.82 Å². The summed E-state index contributed by atoms with van der Waals surface area (Å²) in [5.74, 6) is -0.860. The maximum absolute atomic E-state index is 13.3. The van der Waals surface area contributed by atoms with Gasteiger partial charge in [0.25, 0.3) is 5.91 Å². The predicted molar refractivity (Wildman–Crippen MR) is 113 cm³/mol. The van der Waals surface area contributed by atoms with E-state index >= 15 is 0 Å². The van der Waals surface area contributed by atoms with Crippen LogP contribution < -0.4 is 11.0 Å². The summed E-state index contributed by atoms with van der Waals surface area (Å²) in [6.45, 7) is 2.93. The van der Waals surface area contributed by atoms with Gasteiger partial charge >= 0.3 is 5.69 Å². The fourth-order valence-electron chi connectivity index (χ4n) is 3.39. The molecule has 0 saturated heterocycles. The molecule has 2 heterocycles. The van der Waals surface area contributed by atoms with Gasteiger partial charge < -0.3 is 5.32 Å². The van der Waals surface area contributed by atoms with E-state index in [0.29, 0.717) is 12.2 Å². The van der Waals surface area contributed by atoms with E-state index in [1.54, 1.807) is 27.5 Å². The van der Waals surface area contributed by atoms with Crippen molar-refractivity contribution in [1.82, 2.24) is 19.4 Å². The number of rotatable bonds is 6. The Hall–Kier alpha value is -3.74. The Morgan fingerprint density at radius 2 is 1.87 bits per heavy atom. The number of hydrogen-bond donors (Lipinski definition) is 1. The van der Waals surface area contributed by atoms with Crippen LogP contribution in [0.5, 0.6) is 0 Å². The zero-order valence-corrected chi connectivity index (χ0v) is 16.5. The van der Waals surface area contributed by atoms with Crippen molar-refractivity contribution in [2.45, 2.75) is 20.0 Å². The number of amides is 1. The smallest absolute Gasteiger partial charge is 0.330 e. The number of pyridine rings is 1. The lowest BCUT2D eigenvalue weighted by Crippen LogP contribution is -2.32. The van der Waals surface area contributed by atoms with E-state index in [1.165, 1.54) is 18.2 Å². The van der Waals surface area contributed by atoms with E-state index in [9.17, 15) is 14.0 Å². The van der Waals surface area contributed by atoms with Gasteiger partial charge in [-0.1, -0.05) is 35.9 Å². The summed E-state index contributed by atoms with van der Waals surface area (Å²) in [5.41, 5.74) is 3.52. The molecule has 152 valence electrons. The second-order valence-corrected chi connectivity index (χ2v) is 7.12. The minimum Gasteiger partial charge on any atom is -0.350 e. The Morgan fingerprint density at radius 3 is 2.63 bits per heavy atom. The Balaban J connectivity index is 1.55. The highest BCUT2D eigenvalue weighted by molar-refractivity contribution is 5.94. The standard InChI is InChI=1S/C23H21FN4O2/c1-16-7-9-17(10-8-16)15-28-20-6-3-11-25-21(20)27(23(28)30)13-12-26-22(29)18-4-2-5-19(24)14-18/h2-11,14H,12-13,15H2,1H3,(H,26,29). The van der Waals surface area contributed by atoms with Crippen LogP contribution in [0.1, 0.15) is 21.5 Å². The van der Waals surface area contributed by atoms with Crippen molar-refractivity contribution in [1.29, 1.82) is 0 Å². The summed E-state index contributed by atoms with van der Waals surface area (Å²) in [6.07, 6.45) is 1.64. The molecule has 4 rings (SSSR count). The highest BCUT2D eigenvalue weighted by atomic mass is 19.1. The van der Waals surface area contributed by atoms with Crippen LogP contribution in [0.2, 0.25) is 0 Å². The van der Waals surface area contributed by atoms with Crippen molar-refractivity contribution in [2.75, 3.05) is 6.54 Å². The number of imidazole rings is 1. The summed E-state index contributed by atoms with van der Waals surface area (Å²) in [4.78, 5) is 29.7. The van der Waals surface area contributed by atoms with Gasteiger partial charge in [0.2, 0.25) is 0 Å². The number of nitrogens with one attached hydrogen (secondary N) is 1. The van der Waals surface area contributed by atoms with Crippen molar-refractivity contribution in [3.63, 3.8) is 0 Å². The second kappa shape index (κ2) is 8.32. The molecule has 1 amide bonds. The molecule has 2 aromatic carbocycles. The molecule has 6 nitrogen and oxygen atoms in total. The van der Waals surface area contributed by atoms with E-state index in [2.05, 4.69) is 10.3 Å². The minimum absolute atomic E-state index is 0.190. The molecule has 0 unspecified atom stereocenters. The van der Waals surface area contributed by atoms with Crippen LogP contribution in [0.25, 0.3) is 11.2 Å². The first-order chi connectivity index (χ1) is 14.5. The maximum Gasteiger partial charge on any atom is 0.330 e. The van der Waals surface area contributed by atoms with Crippen molar-refractivity contribution in [3.05, 3.63) is 99.9 Å². The number of aromatic nitrogens is 3. The van der Waals surface area contributed by atoms with Crippen molar-refractivity contribution >= 4 is 17.1 Å². The lowest BCUT2D eigenvalue weighted by molar-refractivity contribution is 0.0952. The summed E-state index contributed by atoms with van der Waals surface area (Å²) in [5, 5.41) is 2.73. The topological polar surface area (TPSA) is 68.9 Å². The Bertz CT molecular complexity index is 1260. The number of nitrogens with zero attached hydrogens (tertiary/aromatic N) is 3. The maximum atomic E-state index is 13.3. The molecule has 0 aliphatic carbocycles. The molecular formula is C23H21FN4O2. The van der Waals surface area contributed by atoms with E-state index in [0.717, 1.165) is 16.6 Å². The summed E-state index contributed by atoms with van der Waals surface area (Å²) in [7, 11) is 0. The molecule has 2 aromatic heterocycles. The van der Waals surface area contributed by atoms with Crippen LogP contribution >= 0.6 is 0 Å². The zero-order valence-electron chi connectivity index (χ0n) is 16.5. The third-order valence-electron chi connectivity index (χ3n) is 4.94. The highest BCUT2D eigenvalue weighted by Gasteiger charge is 2.15. The number of hydrogen-bond acceptors (Lipinski definition) is 3. The number of benzene rings is 2. The van der Waals surface area contributed by atoms with E-state index in [4.69, 9.17) is 0 Å². The van der Waals surface area contributed by atoms with Crippen LogP contribution in [0.3, 0.4) is 0 Å². The highest BCUT2D eigenvalue weighted by Crippen LogP contribution is 2.13. The summed E-state index contributed by atoms with van der Waals surface area (Å²) >= 11 is 0. The monoisotopic (exact) mass is 404 g/mol. The van der Waals surface area contributed by atoms with Gasteiger partial charge in [-0.3, -0.25) is 13.9 Å². The molecule has 0 saturated carbocycles. The second-order valence-electron chi connectivity index (χ2n) is 7.12. The molecule has 4 aromatic rings. The first kappa shape index (κ1) is 19.6. The first-order valence-electron chi connectivity index (χ1n) is 9.66. The quantitative estimate of drug-likeness (QED) is 0.537. The Kier molecular flexibility index (Phi) is 5.43. The third-order valence-corrected chi connectivity index (χ3v) is 4.94. The van der Waals surface area contributed by atoms with Gasteiger partial charge in [-0.2, -0.15) is 0 Å². The van der Waals surface area contributed by atoms with Gasteiger partial charge in [-0.15, -0.1) is 0 Å². The van der Waals surface area contributed by atoms with E-state index in [-0.39, 0.29) is 30.2 Å². The fourth-order valence-corrected chi connectivity index (χ4v) is 3.39. The third kappa shape index (κ3) is 4.00. The molecule has 0 radical (unpaired) electrons. The van der Waals surface area contributed by atoms with Gasteiger partial charge in [-0.05, 0) is 42.8 Å². The Morgan fingerprint density at radius 1 is 1.07 bits per heavy atom. The average Bonchev–Trinajstić information content (AvgIpc) is 3.01. The molecule has 0 bridgehead atoms. The zero-order chi connectivity index (χ0) is 21.1. The fraction of sp³-hybridized carbons (Fsp3) is 0.174. The lowest BCUT2D eigenvalue weighted by Gasteiger charge is -2.06. The van der Waals surface area contributed by atoms with Crippen molar-refractivity contribution < 1.29 is 9.18 Å². The molecule has 1 N–H and O–H groups in total. The lowest BCUT2D eigenvalue weighted by atomic mass is 10.1. The molecule has 0 atom stereocenters. The molecule has 0 aliphatic rings. The number of fused-ring (bicyclic) bond motifs is 1.